The van der Waals surface area contributed by atoms with Crippen LogP contribution in [0.1, 0.15) is 32.4 Å². The van der Waals surface area contributed by atoms with Crippen LogP contribution in [0.4, 0.5) is 9.18 Å². The van der Waals surface area contributed by atoms with Crippen LogP contribution in [0.15, 0.2) is 24.3 Å². The molecule has 1 rings (SSSR count). The fourth-order valence-electron chi connectivity index (χ4n) is 1.88. The Bertz CT molecular complexity index is 490. The van der Waals surface area contributed by atoms with Crippen molar-refractivity contribution in [3.05, 3.63) is 35.6 Å². The summed E-state index contributed by atoms with van der Waals surface area (Å²) in [6.07, 6.45) is 0. The topological polar surface area (TPSA) is 69.6 Å². The summed E-state index contributed by atoms with van der Waals surface area (Å²) in [6.45, 7) is 5.70. The van der Waals surface area contributed by atoms with Gasteiger partial charge in [0.2, 0.25) is 0 Å². The fourth-order valence-corrected chi connectivity index (χ4v) is 1.88. The fraction of sp³-hybridized carbons (Fsp3) is 0.467. The van der Waals surface area contributed by atoms with E-state index in [1.54, 1.807) is 32.9 Å². The number of amides is 2. The molecule has 0 aromatic heterocycles. The molecule has 21 heavy (non-hydrogen) atoms. The van der Waals surface area contributed by atoms with Gasteiger partial charge in [-0.25, -0.2) is 9.18 Å². The summed E-state index contributed by atoms with van der Waals surface area (Å²) in [7, 11) is 0. The number of carbonyl (C=O) groups excluding carboxylic acids is 1. The predicted molar refractivity (Wildman–Crippen MR) is 77.4 cm³/mol. The Labute approximate surface area is 123 Å². The molecule has 0 aliphatic heterocycles. The first-order valence-corrected chi connectivity index (χ1v) is 6.88. The standard InChI is InChI=1S/C15H21FN2O3/c1-4-18(9-10(2)14(19)20)15(21)17-11(3)12-5-7-13(16)8-6-12/h5-8,10-11H,4,9H2,1-3H3,(H,17,21)(H,19,20). The van der Waals surface area contributed by atoms with E-state index >= 15 is 0 Å². The van der Waals surface area contributed by atoms with Gasteiger partial charge in [-0.3, -0.25) is 4.79 Å². The smallest absolute Gasteiger partial charge is 0.317 e. The minimum atomic E-state index is -0.937. The molecule has 1 aromatic carbocycles. The lowest BCUT2D eigenvalue weighted by Crippen LogP contribution is -2.44. The van der Waals surface area contributed by atoms with E-state index in [-0.39, 0.29) is 24.4 Å². The van der Waals surface area contributed by atoms with Gasteiger partial charge < -0.3 is 15.3 Å². The van der Waals surface area contributed by atoms with E-state index in [1.165, 1.54) is 17.0 Å². The second kappa shape index (κ2) is 7.61. The summed E-state index contributed by atoms with van der Waals surface area (Å²) < 4.78 is 12.9. The number of carboxylic acids is 1. The van der Waals surface area contributed by atoms with Crippen LogP contribution in [0.5, 0.6) is 0 Å². The second-order valence-electron chi connectivity index (χ2n) is 5.00. The molecule has 5 nitrogen and oxygen atoms in total. The van der Waals surface area contributed by atoms with Crippen LogP contribution >= 0.6 is 0 Å². The van der Waals surface area contributed by atoms with Gasteiger partial charge in [0.05, 0.1) is 12.0 Å². The third-order valence-corrected chi connectivity index (χ3v) is 3.29. The van der Waals surface area contributed by atoms with Crippen LogP contribution in [0.25, 0.3) is 0 Å². The van der Waals surface area contributed by atoms with Gasteiger partial charge in [-0.05, 0) is 31.5 Å². The van der Waals surface area contributed by atoms with Gasteiger partial charge in [-0.15, -0.1) is 0 Å². The molecule has 0 saturated carbocycles. The Morgan fingerprint density at radius 1 is 1.29 bits per heavy atom. The van der Waals surface area contributed by atoms with Gasteiger partial charge in [-0.2, -0.15) is 0 Å². The third-order valence-electron chi connectivity index (χ3n) is 3.29. The third kappa shape index (κ3) is 5.06. The summed E-state index contributed by atoms with van der Waals surface area (Å²) in [4.78, 5) is 24.4. The van der Waals surface area contributed by atoms with Crippen LogP contribution < -0.4 is 5.32 Å². The van der Waals surface area contributed by atoms with Crippen molar-refractivity contribution in [3.8, 4) is 0 Å². The number of carbonyl (C=O) groups is 2. The molecule has 2 N–H and O–H groups in total. The normalized spacial score (nSPS) is 13.3. The van der Waals surface area contributed by atoms with Crippen LogP contribution in [0.3, 0.4) is 0 Å². The molecule has 0 aliphatic carbocycles. The molecule has 0 heterocycles. The lowest BCUT2D eigenvalue weighted by molar-refractivity contribution is -0.141. The van der Waals surface area contributed by atoms with E-state index in [1.807, 2.05) is 0 Å². The van der Waals surface area contributed by atoms with Crippen molar-refractivity contribution in [2.45, 2.75) is 26.8 Å². The van der Waals surface area contributed by atoms with Gasteiger partial charge in [0.1, 0.15) is 5.82 Å². The van der Waals surface area contributed by atoms with E-state index in [0.29, 0.717) is 6.54 Å². The van der Waals surface area contributed by atoms with Crippen molar-refractivity contribution in [1.29, 1.82) is 0 Å². The molecule has 2 atom stereocenters. The minimum Gasteiger partial charge on any atom is -0.481 e. The summed E-state index contributed by atoms with van der Waals surface area (Å²) in [5.74, 6) is -1.90. The van der Waals surface area contributed by atoms with Gasteiger partial charge in [-0.1, -0.05) is 19.1 Å². The Hall–Kier alpha value is -2.11. The molecule has 0 aliphatic rings. The number of carboxylic acid groups (broad SMARTS) is 1. The number of benzene rings is 1. The quantitative estimate of drug-likeness (QED) is 0.848. The molecule has 0 saturated heterocycles. The van der Waals surface area contributed by atoms with Crippen molar-refractivity contribution in [2.75, 3.05) is 13.1 Å². The van der Waals surface area contributed by atoms with E-state index in [2.05, 4.69) is 5.32 Å². The van der Waals surface area contributed by atoms with E-state index in [4.69, 9.17) is 5.11 Å². The number of hydrogen-bond acceptors (Lipinski definition) is 2. The molecular weight excluding hydrogens is 275 g/mol. The lowest BCUT2D eigenvalue weighted by Gasteiger charge is -2.25. The Kier molecular flexibility index (Phi) is 6.14. The van der Waals surface area contributed by atoms with Gasteiger partial charge in [0, 0.05) is 13.1 Å². The minimum absolute atomic E-state index is 0.147. The SMILES string of the molecule is CCN(CC(C)C(=O)O)C(=O)NC(C)c1ccc(F)cc1. The highest BCUT2D eigenvalue weighted by atomic mass is 19.1. The molecule has 0 radical (unpaired) electrons. The maximum atomic E-state index is 12.9. The second-order valence-corrected chi connectivity index (χ2v) is 5.00. The number of halogens is 1. The van der Waals surface area contributed by atoms with Crippen molar-refractivity contribution in [1.82, 2.24) is 10.2 Å². The average molecular weight is 296 g/mol. The Morgan fingerprint density at radius 3 is 2.33 bits per heavy atom. The largest absolute Gasteiger partial charge is 0.481 e. The summed E-state index contributed by atoms with van der Waals surface area (Å²) >= 11 is 0. The highest BCUT2D eigenvalue weighted by Crippen LogP contribution is 2.13. The van der Waals surface area contributed by atoms with Crippen molar-refractivity contribution < 1.29 is 19.1 Å². The van der Waals surface area contributed by atoms with Crippen LogP contribution in [-0.2, 0) is 4.79 Å². The lowest BCUT2D eigenvalue weighted by atomic mass is 10.1. The molecular formula is C15H21FN2O3. The molecule has 116 valence electrons. The zero-order chi connectivity index (χ0) is 16.0. The van der Waals surface area contributed by atoms with Crippen molar-refractivity contribution >= 4 is 12.0 Å². The summed E-state index contributed by atoms with van der Waals surface area (Å²) in [5.41, 5.74) is 0.784. The maximum absolute atomic E-state index is 12.9. The monoisotopic (exact) mass is 296 g/mol. The van der Waals surface area contributed by atoms with Crippen LogP contribution in [0, 0.1) is 11.7 Å². The Balaban J connectivity index is 2.64. The molecule has 2 amide bonds. The highest BCUT2D eigenvalue weighted by Gasteiger charge is 2.20. The molecule has 2 unspecified atom stereocenters. The summed E-state index contributed by atoms with van der Waals surface area (Å²) in [6, 6.07) is 5.27. The molecule has 1 aromatic rings. The van der Waals surface area contributed by atoms with Crippen molar-refractivity contribution in [3.63, 3.8) is 0 Å². The first-order chi connectivity index (χ1) is 9.85. The highest BCUT2D eigenvalue weighted by molar-refractivity contribution is 5.76. The molecule has 0 spiro atoms. The molecule has 0 fully saturated rings. The van der Waals surface area contributed by atoms with Gasteiger partial charge >= 0.3 is 12.0 Å². The Morgan fingerprint density at radius 2 is 1.86 bits per heavy atom. The average Bonchev–Trinajstić information content (AvgIpc) is 2.44. The number of aliphatic carboxylic acids is 1. The van der Waals surface area contributed by atoms with Crippen LogP contribution in [-0.4, -0.2) is 35.1 Å². The number of nitrogens with one attached hydrogen (secondary N) is 1. The van der Waals surface area contributed by atoms with Gasteiger partial charge in [0.15, 0.2) is 0 Å². The number of rotatable bonds is 6. The van der Waals surface area contributed by atoms with E-state index in [9.17, 15) is 14.0 Å². The first-order valence-electron chi connectivity index (χ1n) is 6.88. The van der Waals surface area contributed by atoms with E-state index in [0.717, 1.165) is 5.56 Å². The molecule has 6 heteroatoms. The zero-order valence-electron chi connectivity index (χ0n) is 12.5. The maximum Gasteiger partial charge on any atom is 0.317 e. The van der Waals surface area contributed by atoms with Crippen LogP contribution in [0.2, 0.25) is 0 Å². The van der Waals surface area contributed by atoms with Gasteiger partial charge in [0.25, 0.3) is 0 Å². The van der Waals surface area contributed by atoms with Crippen molar-refractivity contribution in [2.24, 2.45) is 5.92 Å². The zero-order valence-corrected chi connectivity index (χ0v) is 12.5. The van der Waals surface area contributed by atoms with E-state index < -0.39 is 11.9 Å². The number of urea groups is 1. The first kappa shape index (κ1) is 16.9. The number of nitrogens with zero attached hydrogens (tertiary/aromatic N) is 1. The number of hydrogen-bond donors (Lipinski definition) is 2. The predicted octanol–water partition coefficient (Wildman–Crippen LogP) is 2.64. The summed E-state index contributed by atoms with van der Waals surface area (Å²) in [5, 5.41) is 11.7. The molecule has 0 bridgehead atoms.